The zero-order valence-electron chi connectivity index (χ0n) is 23.3. The van der Waals surface area contributed by atoms with Crippen molar-refractivity contribution in [3.63, 3.8) is 0 Å². The van der Waals surface area contributed by atoms with Crippen LogP contribution < -0.4 is 0 Å². The van der Waals surface area contributed by atoms with Gasteiger partial charge in [0.1, 0.15) is 6.61 Å². The summed E-state index contributed by atoms with van der Waals surface area (Å²) in [5, 5.41) is 31.9. The molecule has 3 N–H and O–H groups in total. The monoisotopic (exact) mass is 486 g/mol. The lowest BCUT2D eigenvalue weighted by molar-refractivity contribution is -0.231. The standard InChI is InChI=1S/C31H50O4/c1-26(2)12-14-31(24(34)18-32)15-13-29(6)19(20(31)16-26)8-9-23-28(5)17-21(33)25(35)27(3,4)22(28)10-11-30(23,29)7/h8,20-23,25,32-33,35H,9-18H2,1-7H3/t20-,21-,22-,23+,25+,28-,29+,30+,31-/m0/s1. The first-order valence-corrected chi connectivity index (χ1v) is 14.3. The van der Waals surface area contributed by atoms with Crippen LogP contribution in [-0.2, 0) is 4.79 Å². The summed E-state index contributed by atoms with van der Waals surface area (Å²) >= 11 is 0. The highest BCUT2D eigenvalue weighted by Crippen LogP contribution is 2.75. The first-order valence-electron chi connectivity index (χ1n) is 14.3. The first kappa shape index (κ1) is 25.9. The number of ketones is 1. The lowest BCUT2D eigenvalue weighted by atomic mass is 9.33. The average Bonchev–Trinajstić information content (AvgIpc) is 2.77. The van der Waals surface area contributed by atoms with Crippen LogP contribution in [0.15, 0.2) is 11.6 Å². The molecule has 5 aliphatic rings. The molecule has 0 bridgehead atoms. The van der Waals surface area contributed by atoms with E-state index in [2.05, 4.69) is 54.5 Å². The number of fused-ring (bicyclic) bond motifs is 7. The maximum Gasteiger partial charge on any atom is 0.164 e. The van der Waals surface area contributed by atoms with Gasteiger partial charge in [-0.3, -0.25) is 4.79 Å². The summed E-state index contributed by atoms with van der Waals surface area (Å²) in [4.78, 5) is 13.3. The number of hydrogen-bond acceptors (Lipinski definition) is 4. The average molecular weight is 487 g/mol. The molecule has 0 radical (unpaired) electrons. The van der Waals surface area contributed by atoms with Gasteiger partial charge >= 0.3 is 0 Å². The number of carbonyl (C=O) groups is 1. The molecule has 0 aliphatic heterocycles. The van der Waals surface area contributed by atoms with Gasteiger partial charge in [0, 0.05) is 5.41 Å². The second-order valence-corrected chi connectivity index (χ2v) is 15.5. The van der Waals surface area contributed by atoms with Crippen molar-refractivity contribution in [2.75, 3.05) is 6.61 Å². The molecule has 0 amide bonds. The highest BCUT2D eigenvalue weighted by molar-refractivity contribution is 5.87. The van der Waals surface area contributed by atoms with Gasteiger partial charge in [-0.15, -0.1) is 0 Å². The maximum absolute atomic E-state index is 13.3. The van der Waals surface area contributed by atoms with Crippen LogP contribution in [0.1, 0.15) is 106 Å². The van der Waals surface area contributed by atoms with Crippen molar-refractivity contribution >= 4 is 5.78 Å². The molecule has 4 heteroatoms. The highest BCUT2D eigenvalue weighted by atomic mass is 16.3. The van der Waals surface area contributed by atoms with Gasteiger partial charge in [0.25, 0.3) is 0 Å². The van der Waals surface area contributed by atoms with Gasteiger partial charge in [0.05, 0.1) is 12.2 Å². The molecule has 4 nitrogen and oxygen atoms in total. The van der Waals surface area contributed by atoms with Crippen molar-refractivity contribution in [3.05, 3.63) is 11.6 Å². The number of carbonyl (C=O) groups excluding carboxylic acids is 1. The number of hydrogen-bond donors (Lipinski definition) is 3. The number of aliphatic hydroxyl groups is 3. The Bertz CT molecular complexity index is 934. The van der Waals surface area contributed by atoms with Crippen LogP contribution >= 0.6 is 0 Å². The summed E-state index contributed by atoms with van der Waals surface area (Å²) in [5.74, 6) is 1.12. The predicted molar refractivity (Wildman–Crippen MR) is 139 cm³/mol. The van der Waals surface area contributed by atoms with E-state index in [9.17, 15) is 20.1 Å². The summed E-state index contributed by atoms with van der Waals surface area (Å²) in [6.45, 7) is 16.1. The zero-order valence-corrected chi connectivity index (χ0v) is 23.3. The Morgan fingerprint density at radius 3 is 2.23 bits per heavy atom. The molecule has 0 unspecified atom stereocenters. The Hall–Kier alpha value is -0.710. The molecule has 4 fully saturated rings. The number of allylic oxidation sites excluding steroid dienone is 2. The zero-order chi connectivity index (χ0) is 25.8. The van der Waals surface area contributed by atoms with Gasteiger partial charge in [-0.25, -0.2) is 0 Å². The van der Waals surface area contributed by atoms with Gasteiger partial charge < -0.3 is 15.3 Å². The van der Waals surface area contributed by atoms with E-state index in [1.54, 1.807) is 0 Å². The van der Waals surface area contributed by atoms with Crippen LogP contribution in [0.3, 0.4) is 0 Å². The molecule has 0 aromatic heterocycles. The van der Waals surface area contributed by atoms with Crippen molar-refractivity contribution in [2.24, 2.45) is 50.2 Å². The van der Waals surface area contributed by atoms with Crippen LogP contribution in [-0.4, -0.2) is 39.9 Å². The van der Waals surface area contributed by atoms with E-state index >= 15 is 0 Å². The van der Waals surface area contributed by atoms with E-state index < -0.39 is 17.6 Å². The van der Waals surface area contributed by atoms with Crippen molar-refractivity contribution in [1.29, 1.82) is 0 Å². The Morgan fingerprint density at radius 2 is 1.57 bits per heavy atom. The van der Waals surface area contributed by atoms with E-state index in [0.29, 0.717) is 18.3 Å². The lowest BCUT2D eigenvalue weighted by Crippen LogP contribution is -2.67. The number of aliphatic hydroxyl groups excluding tert-OH is 3. The lowest BCUT2D eigenvalue weighted by Gasteiger charge is -2.71. The molecule has 4 saturated carbocycles. The largest absolute Gasteiger partial charge is 0.390 e. The first-order chi connectivity index (χ1) is 16.1. The van der Waals surface area contributed by atoms with Crippen molar-refractivity contribution in [1.82, 2.24) is 0 Å². The normalized spacial score (nSPS) is 52.3. The van der Waals surface area contributed by atoms with E-state index in [1.165, 1.54) is 5.57 Å². The van der Waals surface area contributed by atoms with Gasteiger partial charge in [-0.2, -0.15) is 0 Å². The molecule has 0 saturated heterocycles. The van der Waals surface area contributed by atoms with E-state index in [0.717, 1.165) is 51.4 Å². The molecule has 0 aromatic carbocycles. The van der Waals surface area contributed by atoms with E-state index in [-0.39, 0.29) is 45.4 Å². The molecule has 35 heavy (non-hydrogen) atoms. The minimum atomic E-state index is -0.674. The Labute approximate surface area is 213 Å². The summed E-state index contributed by atoms with van der Waals surface area (Å²) < 4.78 is 0. The quantitative estimate of drug-likeness (QED) is 0.439. The maximum atomic E-state index is 13.3. The van der Waals surface area contributed by atoms with Crippen LogP contribution in [0.25, 0.3) is 0 Å². The molecule has 0 aromatic rings. The molecular formula is C31H50O4. The van der Waals surface area contributed by atoms with Gasteiger partial charge in [0.2, 0.25) is 0 Å². The topological polar surface area (TPSA) is 77.8 Å². The Kier molecular flexibility index (Phi) is 5.68. The molecular weight excluding hydrogens is 436 g/mol. The summed E-state index contributed by atoms with van der Waals surface area (Å²) in [6.07, 6.45) is 9.93. The molecule has 5 aliphatic carbocycles. The molecule has 9 atom stereocenters. The number of Topliss-reactive ketones (excluding diaryl/α,β-unsaturated/α-hetero) is 1. The minimum Gasteiger partial charge on any atom is -0.390 e. The van der Waals surface area contributed by atoms with Crippen molar-refractivity contribution in [2.45, 2.75) is 118 Å². The second kappa shape index (κ2) is 7.67. The van der Waals surface area contributed by atoms with Crippen molar-refractivity contribution in [3.8, 4) is 0 Å². The summed E-state index contributed by atoms with van der Waals surface area (Å²) in [7, 11) is 0. The smallest absolute Gasteiger partial charge is 0.164 e. The minimum absolute atomic E-state index is 0.0202. The molecule has 198 valence electrons. The predicted octanol–water partition coefficient (Wildman–Crippen LogP) is 5.68. The van der Waals surface area contributed by atoms with Crippen molar-refractivity contribution < 1.29 is 20.1 Å². The number of rotatable bonds is 2. The van der Waals surface area contributed by atoms with E-state index in [1.807, 2.05) is 0 Å². The fraction of sp³-hybridized carbons (Fsp3) is 0.903. The van der Waals surface area contributed by atoms with E-state index in [4.69, 9.17) is 0 Å². The fourth-order valence-electron chi connectivity index (χ4n) is 11.0. The third-order valence-corrected chi connectivity index (χ3v) is 13.3. The Balaban J connectivity index is 1.61. The molecule has 5 rings (SSSR count). The Morgan fingerprint density at radius 1 is 0.914 bits per heavy atom. The molecule has 0 spiro atoms. The van der Waals surface area contributed by atoms with Crippen LogP contribution in [0.4, 0.5) is 0 Å². The van der Waals surface area contributed by atoms with Gasteiger partial charge in [0.15, 0.2) is 5.78 Å². The second-order valence-electron chi connectivity index (χ2n) is 15.5. The highest BCUT2D eigenvalue weighted by Gasteiger charge is 2.69. The van der Waals surface area contributed by atoms with Crippen LogP contribution in [0.2, 0.25) is 0 Å². The summed E-state index contributed by atoms with van der Waals surface area (Å²) in [5.41, 5.74) is 1.10. The molecule has 0 heterocycles. The van der Waals surface area contributed by atoms with Gasteiger partial charge in [-0.05, 0) is 103 Å². The van der Waals surface area contributed by atoms with Gasteiger partial charge in [-0.1, -0.05) is 60.1 Å². The SMILES string of the molecule is CC1(C)CC[C@]2(C(=O)CO)CC[C@]3(C)C(=CC[C@@H]4[C@@]5(C)C[C@H](O)[C@@H](O)C(C)(C)[C@@H]5CC[C@]43C)[C@@H]2C1. The summed E-state index contributed by atoms with van der Waals surface area (Å²) in [6, 6.07) is 0. The third kappa shape index (κ3) is 3.18. The fourth-order valence-corrected chi connectivity index (χ4v) is 11.0. The third-order valence-electron chi connectivity index (χ3n) is 13.3. The van der Waals surface area contributed by atoms with Crippen LogP contribution in [0, 0.1) is 50.2 Å². The van der Waals surface area contributed by atoms with Crippen LogP contribution in [0.5, 0.6) is 0 Å².